The Morgan fingerprint density at radius 2 is 1.23 bits per heavy atom. The Balaban J connectivity index is 1.41. The maximum atomic E-state index is 12.4. The van der Waals surface area contributed by atoms with Crippen molar-refractivity contribution in [3.63, 3.8) is 0 Å². The van der Waals surface area contributed by atoms with Crippen LogP contribution < -0.4 is 0 Å². The van der Waals surface area contributed by atoms with Gasteiger partial charge in [0, 0.05) is 95.0 Å². The van der Waals surface area contributed by atoms with Gasteiger partial charge in [0.05, 0.1) is 4.88 Å². The molecule has 5 rings (SSSR count). The van der Waals surface area contributed by atoms with Gasteiger partial charge >= 0.3 is 0 Å². The third kappa shape index (κ3) is 7.72. The largest absolute Gasteiger partial charge is 0.507 e. The predicted octanol–water partition coefficient (Wildman–Crippen LogP) is 6.47. The number of benzene rings is 2. The molecular formula is C33H42N4O3S3. The lowest BCUT2D eigenvalue weighted by atomic mass is 9.98. The summed E-state index contributed by atoms with van der Waals surface area (Å²) in [6.07, 6.45) is 2.94. The van der Waals surface area contributed by atoms with Gasteiger partial charge < -0.3 is 14.9 Å². The van der Waals surface area contributed by atoms with Crippen molar-refractivity contribution >= 4 is 44.7 Å². The molecule has 2 amide bonds. The second-order valence-electron chi connectivity index (χ2n) is 11.5. The maximum absolute atomic E-state index is 12.4. The van der Waals surface area contributed by atoms with Gasteiger partial charge in [-0.1, -0.05) is 77.1 Å². The van der Waals surface area contributed by atoms with E-state index in [0.717, 1.165) is 102 Å². The Morgan fingerprint density at radius 1 is 0.744 bits per heavy atom. The molecule has 0 radical (unpaired) electrons. The highest BCUT2D eigenvalue weighted by Gasteiger charge is 2.25. The number of amides is 2. The van der Waals surface area contributed by atoms with E-state index in [4.69, 9.17) is 12.2 Å². The predicted molar refractivity (Wildman–Crippen MR) is 179 cm³/mol. The zero-order chi connectivity index (χ0) is 30.3. The van der Waals surface area contributed by atoms with Crippen LogP contribution in [0.5, 0.6) is 5.75 Å². The zero-order valence-electron chi connectivity index (χ0n) is 25.2. The number of carbonyl (C=O) groups excluding carboxylic acids is 2. The zero-order valence-corrected chi connectivity index (χ0v) is 27.7. The molecule has 2 aromatic carbocycles. The SMILES string of the molecule is CCCC(=O)N1CCN(Cc2cc(-c3ssc(=S)c3-c3ccccc3)cc(CN3CCN(C(=O)CCC)CC3)c2O)CC1. The Morgan fingerprint density at radius 3 is 1.70 bits per heavy atom. The van der Waals surface area contributed by atoms with Crippen LogP contribution in [0.4, 0.5) is 0 Å². The summed E-state index contributed by atoms with van der Waals surface area (Å²) in [4.78, 5) is 34.6. The minimum Gasteiger partial charge on any atom is -0.507 e. The fraction of sp³-hybridized carbons (Fsp3) is 0.485. The van der Waals surface area contributed by atoms with Crippen LogP contribution in [0.1, 0.15) is 50.7 Å². The molecule has 0 aliphatic carbocycles. The minimum absolute atomic E-state index is 0.234. The molecular weight excluding hydrogens is 597 g/mol. The Hall–Kier alpha value is -2.63. The molecule has 2 aliphatic rings. The van der Waals surface area contributed by atoms with Crippen molar-refractivity contribution < 1.29 is 14.7 Å². The fourth-order valence-electron chi connectivity index (χ4n) is 5.97. The number of aromatic hydroxyl groups is 1. The summed E-state index contributed by atoms with van der Waals surface area (Å²) in [5.41, 5.74) is 5.07. The summed E-state index contributed by atoms with van der Waals surface area (Å²) in [5.74, 6) is 0.813. The Labute approximate surface area is 267 Å². The summed E-state index contributed by atoms with van der Waals surface area (Å²) in [5, 5.41) is 11.6. The van der Waals surface area contributed by atoms with Crippen LogP contribution >= 0.6 is 32.9 Å². The molecule has 7 nitrogen and oxygen atoms in total. The van der Waals surface area contributed by atoms with E-state index in [1.807, 2.05) is 41.8 Å². The van der Waals surface area contributed by atoms with Crippen LogP contribution in [-0.4, -0.2) is 88.9 Å². The first kappa shape index (κ1) is 31.8. The van der Waals surface area contributed by atoms with Gasteiger partial charge in [0.15, 0.2) is 0 Å². The molecule has 0 atom stereocenters. The minimum atomic E-state index is 0.234. The topological polar surface area (TPSA) is 67.3 Å². The number of hydrogen-bond acceptors (Lipinski definition) is 8. The van der Waals surface area contributed by atoms with Gasteiger partial charge in [0.25, 0.3) is 0 Å². The highest BCUT2D eigenvalue weighted by atomic mass is 32.9. The second kappa shape index (κ2) is 14.9. The van der Waals surface area contributed by atoms with E-state index in [1.165, 1.54) is 0 Å². The molecule has 10 heteroatoms. The number of rotatable bonds is 10. The van der Waals surface area contributed by atoms with Gasteiger partial charge in [0.1, 0.15) is 9.57 Å². The van der Waals surface area contributed by atoms with Crippen LogP contribution in [0.15, 0.2) is 42.5 Å². The number of hydrogen-bond donors (Lipinski definition) is 1. The number of phenols is 1. The van der Waals surface area contributed by atoms with Crippen LogP contribution in [0.3, 0.4) is 0 Å². The van der Waals surface area contributed by atoms with Crippen LogP contribution in [0.2, 0.25) is 0 Å². The molecule has 0 bridgehead atoms. The first-order chi connectivity index (χ1) is 20.9. The van der Waals surface area contributed by atoms with Crippen LogP contribution in [0.25, 0.3) is 21.6 Å². The third-order valence-electron chi connectivity index (χ3n) is 8.39. The first-order valence-corrected chi connectivity index (χ1v) is 18.0. The molecule has 2 fully saturated rings. The number of nitrogens with zero attached hydrogens (tertiary/aromatic N) is 4. The molecule has 3 aromatic rings. The van der Waals surface area contributed by atoms with E-state index in [2.05, 4.69) is 34.1 Å². The van der Waals surface area contributed by atoms with E-state index in [0.29, 0.717) is 31.7 Å². The standard InChI is InChI=1S/C33H42N4O3S3/c1-3-8-28(38)36-16-12-34(13-17-36)22-26-20-25(32-30(33(41)43-42-32)24-10-6-5-7-11-24)21-27(31(26)40)23-35-14-18-37(19-15-35)29(39)9-4-2/h5-7,10-11,20-21,40H,3-4,8-9,12-19,22-23H2,1-2H3. The fourth-order valence-corrected chi connectivity index (χ4v) is 8.87. The van der Waals surface area contributed by atoms with E-state index < -0.39 is 0 Å². The average Bonchev–Trinajstić information content (AvgIpc) is 3.41. The molecule has 0 unspecified atom stereocenters. The molecule has 230 valence electrons. The first-order valence-electron chi connectivity index (χ1n) is 15.4. The number of piperazine rings is 2. The lowest BCUT2D eigenvalue weighted by molar-refractivity contribution is -0.133. The van der Waals surface area contributed by atoms with Gasteiger partial charge in [0.2, 0.25) is 11.8 Å². The van der Waals surface area contributed by atoms with E-state index >= 15 is 0 Å². The summed E-state index contributed by atoms with van der Waals surface area (Å²) in [7, 11) is 3.32. The van der Waals surface area contributed by atoms with Crippen LogP contribution in [0, 0.1) is 3.82 Å². The van der Waals surface area contributed by atoms with E-state index in [-0.39, 0.29) is 11.8 Å². The molecule has 1 N–H and O–H groups in total. The lowest BCUT2D eigenvalue weighted by Gasteiger charge is -2.36. The van der Waals surface area contributed by atoms with Gasteiger partial charge in [-0.05, 0) is 36.1 Å². The van der Waals surface area contributed by atoms with Crippen molar-refractivity contribution in [2.75, 3.05) is 52.4 Å². The number of phenolic OH excluding ortho intramolecular Hbond substituents is 1. The lowest BCUT2D eigenvalue weighted by Crippen LogP contribution is -2.48. The van der Waals surface area contributed by atoms with Crippen LogP contribution in [-0.2, 0) is 22.7 Å². The molecule has 0 saturated carbocycles. The normalized spacial score (nSPS) is 16.5. The third-order valence-corrected chi connectivity index (χ3v) is 11.5. The van der Waals surface area contributed by atoms with E-state index in [9.17, 15) is 14.7 Å². The summed E-state index contributed by atoms with van der Waals surface area (Å²) in [6, 6.07) is 14.6. The van der Waals surface area contributed by atoms with Crippen molar-refractivity contribution in [1.29, 1.82) is 0 Å². The number of carbonyl (C=O) groups is 2. The smallest absolute Gasteiger partial charge is 0.222 e. The van der Waals surface area contributed by atoms with Gasteiger partial charge in [-0.3, -0.25) is 19.4 Å². The molecule has 1 aromatic heterocycles. The Kier molecular flexibility index (Phi) is 11.0. The molecule has 0 spiro atoms. The van der Waals surface area contributed by atoms with Crippen molar-refractivity contribution in [1.82, 2.24) is 19.6 Å². The molecule has 2 aliphatic heterocycles. The van der Waals surface area contributed by atoms with Crippen molar-refractivity contribution in [3.05, 3.63) is 57.4 Å². The van der Waals surface area contributed by atoms with Gasteiger partial charge in [-0.15, -0.1) is 0 Å². The summed E-state index contributed by atoms with van der Waals surface area (Å²) < 4.78 is 0.878. The summed E-state index contributed by atoms with van der Waals surface area (Å²) >= 11 is 5.81. The van der Waals surface area contributed by atoms with Crippen molar-refractivity contribution in [2.45, 2.75) is 52.6 Å². The highest BCUT2D eigenvalue weighted by molar-refractivity contribution is 7.80. The molecule has 43 heavy (non-hydrogen) atoms. The van der Waals surface area contributed by atoms with E-state index in [1.54, 1.807) is 20.7 Å². The highest BCUT2D eigenvalue weighted by Crippen LogP contribution is 2.43. The van der Waals surface area contributed by atoms with Crippen molar-refractivity contribution in [3.8, 4) is 27.3 Å². The van der Waals surface area contributed by atoms with Crippen molar-refractivity contribution in [2.24, 2.45) is 0 Å². The molecule has 2 saturated heterocycles. The van der Waals surface area contributed by atoms with Gasteiger partial charge in [-0.2, -0.15) is 0 Å². The average molecular weight is 639 g/mol. The van der Waals surface area contributed by atoms with Gasteiger partial charge in [-0.25, -0.2) is 0 Å². The maximum Gasteiger partial charge on any atom is 0.222 e. The Bertz CT molecular complexity index is 1390. The quantitative estimate of drug-likeness (QED) is 0.203. The monoisotopic (exact) mass is 638 g/mol. The second-order valence-corrected chi connectivity index (χ2v) is 14.3. The molecule has 3 heterocycles. The summed E-state index contributed by atoms with van der Waals surface area (Å²) in [6.45, 7) is 11.4.